The molecule has 0 fully saturated rings. The summed E-state index contributed by atoms with van der Waals surface area (Å²) in [4.78, 5) is 0. The monoisotopic (exact) mass is 412 g/mol. The second-order valence-electron chi connectivity index (χ2n) is 8.17. The highest BCUT2D eigenvalue weighted by molar-refractivity contribution is 6.94. The molecule has 0 amide bonds. The molecule has 3 aromatic rings. The Morgan fingerprint density at radius 3 is 2.10 bits per heavy atom. The van der Waals surface area contributed by atoms with Gasteiger partial charge in [-0.15, -0.1) is 6.42 Å². The first-order chi connectivity index (χ1) is 13.9. The van der Waals surface area contributed by atoms with E-state index in [4.69, 9.17) is 11.2 Å². The Bertz CT molecular complexity index is 1020. The second kappa shape index (κ2) is 9.13. The zero-order valence-corrected chi connectivity index (χ0v) is 19.8. The molecule has 0 bridgehead atoms. The fourth-order valence-electron chi connectivity index (χ4n) is 3.14. The zero-order chi connectivity index (χ0) is 20.9. The van der Waals surface area contributed by atoms with Crippen molar-refractivity contribution in [2.45, 2.75) is 26.2 Å². The van der Waals surface area contributed by atoms with E-state index in [0.717, 1.165) is 22.6 Å². The Balaban J connectivity index is 1.71. The van der Waals surface area contributed by atoms with Crippen LogP contribution in [0.2, 0.25) is 26.2 Å². The van der Waals surface area contributed by atoms with Gasteiger partial charge in [-0.2, -0.15) is 0 Å². The van der Waals surface area contributed by atoms with Gasteiger partial charge in [0, 0.05) is 5.56 Å². The first-order valence-electron chi connectivity index (χ1n) is 10.0. The number of hydrogen-bond donors (Lipinski definition) is 0. The van der Waals surface area contributed by atoms with Crippen molar-refractivity contribution in [2.75, 3.05) is 0 Å². The van der Waals surface area contributed by atoms with Gasteiger partial charge in [-0.1, -0.05) is 90.7 Å². The largest absolute Gasteiger partial charge is 0.457 e. The molecule has 0 N–H and O–H groups in total. The summed E-state index contributed by atoms with van der Waals surface area (Å²) < 4.78 is 6.03. The Labute approximate surface area is 177 Å². The molecule has 0 aliphatic rings. The molecule has 0 saturated carbocycles. The molecule has 0 spiro atoms. The minimum atomic E-state index is -1.71. The maximum atomic E-state index is 6.03. The molecule has 3 heteroatoms. The van der Waals surface area contributed by atoms with Crippen LogP contribution in [0.1, 0.15) is 11.1 Å². The van der Waals surface area contributed by atoms with E-state index in [9.17, 15) is 0 Å². The number of terminal acetylenes is 1. The SMILES string of the molecule is C#Cc1cccc(/C=C/[Si](C)(C)c2ccc(Oc3ccc([SiH](C)C)cc3)cc2)c1. The van der Waals surface area contributed by atoms with Gasteiger partial charge in [-0.25, -0.2) is 0 Å². The van der Waals surface area contributed by atoms with Crippen molar-refractivity contribution in [3.8, 4) is 23.8 Å². The third-order valence-electron chi connectivity index (χ3n) is 5.13. The van der Waals surface area contributed by atoms with Gasteiger partial charge >= 0.3 is 0 Å². The molecule has 3 rings (SSSR count). The molecule has 0 radical (unpaired) electrons. The fraction of sp³-hybridized carbons (Fsp3) is 0.154. The average molecular weight is 413 g/mol. The van der Waals surface area contributed by atoms with Crippen LogP contribution in [-0.4, -0.2) is 16.9 Å². The van der Waals surface area contributed by atoms with Crippen molar-refractivity contribution >= 4 is 33.3 Å². The molecule has 29 heavy (non-hydrogen) atoms. The van der Waals surface area contributed by atoms with Crippen LogP contribution in [0.3, 0.4) is 0 Å². The lowest BCUT2D eigenvalue weighted by molar-refractivity contribution is 0.483. The highest BCUT2D eigenvalue weighted by Crippen LogP contribution is 2.20. The highest BCUT2D eigenvalue weighted by atomic mass is 28.3. The minimum absolute atomic E-state index is 0.762. The van der Waals surface area contributed by atoms with Gasteiger partial charge in [0.25, 0.3) is 0 Å². The van der Waals surface area contributed by atoms with Crippen molar-refractivity contribution in [2.24, 2.45) is 0 Å². The van der Waals surface area contributed by atoms with Crippen molar-refractivity contribution in [3.63, 3.8) is 0 Å². The summed E-state index contributed by atoms with van der Waals surface area (Å²) in [5, 5.41) is 2.83. The number of benzene rings is 3. The van der Waals surface area contributed by atoms with Crippen LogP contribution in [0.5, 0.6) is 11.5 Å². The van der Waals surface area contributed by atoms with Crippen LogP contribution in [0.15, 0.2) is 78.5 Å². The minimum Gasteiger partial charge on any atom is -0.457 e. The molecule has 0 saturated heterocycles. The van der Waals surface area contributed by atoms with Crippen LogP contribution in [0.4, 0.5) is 0 Å². The van der Waals surface area contributed by atoms with Crippen molar-refractivity contribution < 1.29 is 4.74 Å². The Morgan fingerprint density at radius 1 is 0.897 bits per heavy atom. The van der Waals surface area contributed by atoms with Crippen molar-refractivity contribution in [3.05, 3.63) is 89.6 Å². The van der Waals surface area contributed by atoms with Crippen LogP contribution >= 0.6 is 0 Å². The molecule has 3 aromatic carbocycles. The van der Waals surface area contributed by atoms with Gasteiger partial charge in [0.1, 0.15) is 19.6 Å². The summed E-state index contributed by atoms with van der Waals surface area (Å²) in [5.41, 5.74) is 4.42. The summed E-state index contributed by atoms with van der Waals surface area (Å²) in [5.74, 6) is 4.46. The first-order valence-corrected chi connectivity index (χ1v) is 16.0. The maximum Gasteiger partial charge on any atom is 0.127 e. The summed E-state index contributed by atoms with van der Waals surface area (Å²) >= 11 is 0. The quantitative estimate of drug-likeness (QED) is 0.393. The smallest absolute Gasteiger partial charge is 0.127 e. The zero-order valence-electron chi connectivity index (χ0n) is 17.6. The Kier molecular flexibility index (Phi) is 6.58. The molecule has 0 atom stereocenters. The molecule has 0 unspecified atom stereocenters. The molecule has 0 aromatic heterocycles. The summed E-state index contributed by atoms with van der Waals surface area (Å²) in [6.07, 6.45) is 7.70. The summed E-state index contributed by atoms with van der Waals surface area (Å²) in [7, 11) is -2.47. The summed E-state index contributed by atoms with van der Waals surface area (Å²) in [6, 6.07) is 25.2. The van der Waals surface area contributed by atoms with E-state index in [1.165, 1.54) is 10.4 Å². The van der Waals surface area contributed by atoms with E-state index in [1.54, 1.807) is 0 Å². The Morgan fingerprint density at radius 2 is 1.52 bits per heavy atom. The van der Waals surface area contributed by atoms with Gasteiger partial charge < -0.3 is 4.74 Å². The van der Waals surface area contributed by atoms with Crippen LogP contribution in [0, 0.1) is 12.3 Å². The molecule has 146 valence electrons. The standard InChI is InChI=1S/C26H28OSi2/c1-6-21-8-7-9-22(20-21)18-19-29(4,5)26-16-12-24(13-17-26)27-23-10-14-25(15-11-23)28(2)3/h1,7-20,28H,2-5H3/b19-18+. The highest BCUT2D eigenvalue weighted by Gasteiger charge is 2.19. The van der Waals surface area contributed by atoms with E-state index < -0.39 is 16.9 Å². The molecule has 0 aliphatic heterocycles. The maximum absolute atomic E-state index is 6.03. The lowest BCUT2D eigenvalue weighted by Gasteiger charge is -2.19. The van der Waals surface area contributed by atoms with E-state index in [-0.39, 0.29) is 0 Å². The van der Waals surface area contributed by atoms with Crippen molar-refractivity contribution in [1.82, 2.24) is 0 Å². The third kappa shape index (κ3) is 5.60. The topological polar surface area (TPSA) is 9.23 Å². The molecule has 1 nitrogen and oxygen atoms in total. The fourth-order valence-corrected chi connectivity index (χ4v) is 5.93. The molecule has 0 heterocycles. The van der Waals surface area contributed by atoms with E-state index in [1.807, 2.05) is 18.2 Å². The number of ether oxygens (including phenoxy) is 1. The number of hydrogen-bond acceptors (Lipinski definition) is 1. The van der Waals surface area contributed by atoms with Gasteiger partial charge in [0.05, 0.1) is 8.80 Å². The lowest BCUT2D eigenvalue weighted by atomic mass is 10.1. The van der Waals surface area contributed by atoms with Crippen molar-refractivity contribution in [1.29, 1.82) is 0 Å². The molecular formula is C26H28OSi2. The number of rotatable bonds is 6. The van der Waals surface area contributed by atoms with Gasteiger partial charge in [0.2, 0.25) is 0 Å². The van der Waals surface area contributed by atoms with Gasteiger partial charge in [0.15, 0.2) is 0 Å². The van der Waals surface area contributed by atoms with E-state index in [0.29, 0.717) is 0 Å². The normalized spacial score (nSPS) is 11.6. The average Bonchev–Trinajstić information content (AvgIpc) is 2.73. The van der Waals surface area contributed by atoms with E-state index in [2.05, 4.69) is 98.5 Å². The summed E-state index contributed by atoms with van der Waals surface area (Å²) in [6.45, 7) is 9.36. The third-order valence-corrected chi connectivity index (χ3v) is 9.67. The molecule has 0 aliphatic carbocycles. The predicted octanol–water partition coefficient (Wildman–Crippen LogP) is 5.32. The Hall–Kier alpha value is -2.81. The predicted molar refractivity (Wildman–Crippen MR) is 132 cm³/mol. The second-order valence-corrected chi connectivity index (χ2v) is 15.5. The van der Waals surface area contributed by atoms with Crippen LogP contribution in [0.25, 0.3) is 6.08 Å². The van der Waals surface area contributed by atoms with Crippen LogP contribution in [-0.2, 0) is 0 Å². The van der Waals surface area contributed by atoms with Crippen LogP contribution < -0.4 is 15.1 Å². The lowest BCUT2D eigenvalue weighted by Crippen LogP contribution is -2.39. The van der Waals surface area contributed by atoms with Gasteiger partial charge in [-0.05, 0) is 42.0 Å². The van der Waals surface area contributed by atoms with Gasteiger partial charge in [-0.3, -0.25) is 0 Å². The van der Waals surface area contributed by atoms with E-state index >= 15 is 0 Å². The molecular weight excluding hydrogens is 384 g/mol. The first kappa shape index (κ1) is 20.9.